The van der Waals surface area contributed by atoms with Crippen LogP contribution < -0.4 is 5.32 Å². The predicted molar refractivity (Wildman–Crippen MR) is 99.8 cm³/mol. The van der Waals surface area contributed by atoms with E-state index in [0.29, 0.717) is 25.2 Å². The van der Waals surface area contributed by atoms with E-state index in [1.165, 1.54) is 28.6 Å². The number of nitrogens with zero attached hydrogens (tertiary/aromatic N) is 1. The van der Waals surface area contributed by atoms with Gasteiger partial charge in [0.25, 0.3) is 5.91 Å². The van der Waals surface area contributed by atoms with E-state index in [2.05, 4.69) is 5.32 Å². The molecule has 1 N–H and O–H groups in total. The van der Waals surface area contributed by atoms with Crippen LogP contribution >= 0.6 is 0 Å². The number of rotatable bonds is 10. The van der Waals surface area contributed by atoms with Gasteiger partial charge in [0, 0.05) is 25.7 Å². The monoisotopic (exact) mass is 382 g/mol. The van der Waals surface area contributed by atoms with Crippen molar-refractivity contribution in [2.75, 3.05) is 26.2 Å². The van der Waals surface area contributed by atoms with Crippen molar-refractivity contribution in [3.63, 3.8) is 0 Å². The molecule has 0 atom stereocenters. The molecule has 0 spiro atoms. The molecule has 0 aromatic heterocycles. The molecule has 0 aliphatic rings. The van der Waals surface area contributed by atoms with E-state index in [0.717, 1.165) is 6.42 Å². The normalized spacial score (nSPS) is 11.7. The van der Waals surface area contributed by atoms with Crippen LogP contribution in [0, 0.1) is 0 Å². The largest absolute Gasteiger partial charge is 0.452 e. The van der Waals surface area contributed by atoms with Crippen LogP contribution in [0.4, 0.5) is 0 Å². The van der Waals surface area contributed by atoms with Gasteiger partial charge in [0.2, 0.25) is 10.0 Å². The lowest BCUT2D eigenvalue weighted by molar-refractivity contribution is -0.143. The van der Waals surface area contributed by atoms with E-state index in [-0.39, 0.29) is 17.4 Å². The van der Waals surface area contributed by atoms with Gasteiger partial charge in [-0.05, 0) is 30.2 Å². The quantitative estimate of drug-likeness (QED) is 0.492. The molecule has 8 heteroatoms. The Kier molecular flexibility index (Phi) is 9.01. The van der Waals surface area contributed by atoms with Gasteiger partial charge in [-0.25, -0.2) is 13.2 Å². The summed E-state index contributed by atoms with van der Waals surface area (Å²) in [5.74, 6) is -0.990. The summed E-state index contributed by atoms with van der Waals surface area (Å²) in [6.45, 7) is 6.50. The van der Waals surface area contributed by atoms with Gasteiger partial charge in [0.1, 0.15) is 0 Å². The van der Waals surface area contributed by atoms with Crippen LogP contribution in [0.5, 0.6) is 0 Å². The smallest absolute Gasteiger partial charge is 0.331 e. The molecule has 0 bridgehead atoms. The highest BCUT2D eigenvalue weighted by atomic mass is 32.2. The number of hydrogen-bond donors (Lipinski definition) is 1. The Morgan fingerprint density at radius 2 is 1.73 bits per heavy atom. The Labute approximate surface area is 155 Å². The van der Waals surface area contributed by atoms with Gasteiger partial charge in [0.05, 0.1) is 4.90 Å². The summed E-state index contributed by atoms with van der Waals surface area (Å²) in [4.78, 5) is 23.1. The number of carbonyl (C=O) groups excluding carboxylic acids is 2. The van der Waals surface area contributed by atoms with Crippen LogP contribution in [0.2, 0.25) is 0 Å². The summed E-state index contributed by atoms with van der Waals surface area (Å²) >= 11 is 0. The van der Waals surface area contributed by atoms with Crippen molar-refractivity contribution in [1.29, 1.82) is 0 Å². The van der Waals surface area contributed by atoms with Crippen LogP contribution in [0.3, 0.4) is 0 Å². The number of benzene rings is 1. The Hall–Kier alpha value is -2.19. The number of ether oxygens (including phenoxy) is 1. The summed E-state index contributed by atoms with van der Waals surface area (Å²) in [6.07, 6.45) is 3.50. The molecule has 144 valence electrons. The van der Waals surface area contributed by atoms with Crippen LogP contribution in [0.15, 0.2) is 35.2 Å². The van der Waals surface area contributed by atoms with Gasteiger partial charge in [0.15, 0.2) is 6.61 Å². The van der Waals surface area contributed by atoms with Crippen molar-refractivity contribution < 1.29 is 22.7 Å². The lowest BCUT2D eigenvalue weighted by Crippen LogP contribution is -2.30. The molecule has 0 saturated heterocycles. The van der Waals surface area contributed by atoms with Crippen molar-refractivity contribution in [3.8, 4) is 0 Å². The van der Waals surface area contributed by atoms with Crippen molar-refractivity contribution in [2.24, 2.45) is 0 Å². The molecule has 7 nitrogen and oxygen atoms in total. The molecule has 0 unspecified atom stereocenters. The minimum Gasteiger partial charge on any atom is -0.452 e. The van der Waals surface area contributed by atoms with Gasteiger partial charge in [-0.15, -0.1) is 0 Å². The SMILES string of the molecule is CCCNC(=O)COC(=O)/C=C/c1ccc(S(=O)(=O)N(CC)CC)cc1. The minimum atomic E-state index is -3.50. The first-order valence-corrected chi connectivity index (χ1v) is 10.0. The van der Waals surface area contributed by atoms with E-state index in [1.807, 2.05) is 6.92 Å². The molecular formula is C18H26N2O5S. The zero-order valence-electron chi connectivity index (χ0n) is 15.4. The Bertz CT molecular complexity index is 722. The second-order valence-corrected chi connectivity index (χ2v) is 7.39. The zero-order chi connectivity index (χ0) is 19.6. The van der Waals surface area contributed by atoms with E-state index >= 15 is 0 Å². The number of nitrogens with one attached hydrogen (secondary N) is 1. The number of hydrogen-bond acceptors (Lipinski definition) is 5. The summed E-state index contributed by atoms with van der Waals surface area (Å²) < 4.78 is 31.0. The zero-order valence-corrected chi connectivity index (χ0v) is 16.2. The molecule has 0 aliphatic carbocycles. The molecule has 1 aromatic rings. The number of esters is 1. The van der Waals surface area contributed by atoms with Gasteiger partial charge < -0.3 is 10.1 Å². The van der Waals surface area contributed by atoms with E-state index < -0.39 is 16.0 Å². The maximum atomic E-state index is 12.4. The second-order valence-electron chi connectivity index (χ2n) is 5.45. The summed E-state index contributed by atoms with van der Waals surface area (Å²) in [5, 5.41) is 2.60. The molecular weight excluding hydrogens is 356 g/mol. The predicted octanol–water partition coefficient (Wildman–Crippen LogP) is 1.80. The summed E-state index contributed by atoms with van der Waals surface area (Å²) in [7, 11) is -3.50. The summed E-state index contributed by atoms with van der Waals surface area (Å²) in [5.41, 5.74) is 0.649. The third kappa shape index (κ3) is 6.61. The van der Waals surface area contributed by atoms with Crippen LogP contribution in [-0.4, -0.2) is 50.8 Å². The van der Waals surface area contributed by atoms with Crippen molar-refractivity contribution in [2.45, 2.75) is 32.1 Å². The van der Waals surface area contributed by atoms with Gasteiger partial charge >= 0.3 is 5.97 Å². The standard InChI is InChI=1S/C18H26N2O5S/c1-4-13-19-17(21)14-25-18(22)12-9-15-7-10-16(11-8-15)26(23,24)20(5-2)6-3/h7-12H,4-6,13-14H2,1-3H3,(H,19,21)/b12-9+. The molecule has 26 heavy (non-hydrogen) atoms. The topological polar surface area (TPSA) is 92.8 Å². The number of carbonyl (C=O) groups is 2. The van der Waals surface area contributed by atoms with Crippen molar-refractivity contribution in [3.05, 3.63) is 35.9 Å². The summed E-state index contributed by atoms with van der Waals surface area (Å²) in [6, 6.07) is 6.20. The van der Waals surface area contributed by atoms with Gasteiger partial charge in [-0.1, -0.05) is 32.9 Å². The first kappa shape index (κ1) is 21.9. The van der Waals surface area contributed by atoms with Crippen LogP contribution in [-0.2, 0) is 24.3 Å². The molecule has 0 saturated carbocycles. The highest BCUT2D eigenvalue weighted by molar-refractivity contribution is 7.89. The first-order valence-electron chi connectivity index (χ1n) is 8.56. The lowest BCUT2D eigenvalue weighted by Gasteiger charge is -2.18. The van der Waals surface area contributed by atoms with Crippen LogP contribution in [0.1, 0.15) is 32.8 Å². The third-order valence-electron chi connectivity index (χ3n) is 3.55. The Balaban J connectivity index is 2.65. The average Bonchev–Trinajstić information content (AvgIpc) is 2.64. The third-order valence-corrected chi connectivity index (χ3v) is 5.62. The maximum absolute atomic E-state index is 12.4. The molecule has 1 aromatic carbocycles. The lowest BCUT2D eigenvalue weighted by atomic mass is 10.2. The molecule has 1 rings (SSSR count). The van der Waals surface area contributed by atoms with Crippen LogP contribution in [0.25, 0.3) is 6.08 Å². The number of amides is 1. The molecule has 0 aliphatic heterocycles. The molecule has 0 radical (unpaired) electrons. The van der Waals surface area contributed by atoms with Gasteiger partial charge in [-0.2, -0.15) is 4.31 Å². The fourth-order valence-corrected chi connectivity index (χ4v) is 3.59. The second kappa shape index (κ2) is 10.7. The van der Waals surface area contributed by atoms with E-state index in [9.17, 15) is 18.0 Å². The Morgan fingerprint density at radius 3 is 2.27 bits per heavy atom. The van der Waals surface area contributed by atoms with Crippen molar-refractivity contribution in [1.82, 2.24) is 9.62 Å². The first-order chi connectivity index (χ1) is 12.3. The van der Waals surface area contributed by atoms with Crippen molar-refractivity contribution >= 4 is 28.0 Å². The van der Waals surface area contributed by atoms with Gasteiger partial charge in [-0.3, -0.25) is 4.79 Å². The fourth-order valence-electron chi connectivity index (χ4n) is 2.13. The van der Waals surface area contributed by atoms with E-state index in [1.54, 1.807) is 26.0 Å². The van der Waals surface area contributed by atoms with E-state index in [4.69, 9.17) is 4.74 Å². The minimum absolute atomic E-state index is 0.202. The molecule has 1 amide bonds. The average molecular weight is 382 g/mol. The number of sulfonamides is 1. The fraction of sp³-hybridized carbons (Fsp3) is 0.444. The molecule has 0 heterocycles. The Morgan fingerprint density at radius 1 is 1.12 bits per heavy atom. The highest BCUT2D eigenvalue weighted by Crippen LogP contribution is 2.16. The maximum Gasteiger partial charge on any atom is 0.331 e. The molecule has 0 fully saturated rings. The highest BCUT2D eigenvalue weighted by Gasteiger charge is 2.20.